The van der Waals surface area contributed by atoms with Gasteiger partial charge in [0.25, 0.3) is 0 Å². The molecule has 7 heteroatoms. The molecule has 150 valence electrons. The number of ether oxygens (including phenoxy) is 3. The lowest BCUT2D eigenvalue weighted by molar-refractivity contribution is 0.353. The molecule has 1 aliphatic heterocycles. The van der Waals surface area contributed by atoms with Crippen molar-refractivity contribution in [3.05, 3.63) is 53.6 Å². The van der Waals surface area contributed by atoms with Gasteiger partial charge in [0.05, 0.1) is 27.0 Å². The molecule has 7 nitrogen and oxygen atoms in total. The van der Waals surface area contributed by atoms with Crippen LogP contribution >= 0.6 is 0 Å². The van der Waals surface area contributed by atoms with E-state index >= 15 is 0 Å². The minimum absolute atomic E-state index is 0.249. The summed E-state index contributed by atoms with van der Waals surface area (Å²) in [5.74, 6) is 3.31. The minimum atomic E-state index is 0.249. The van der Waals surface area contributed by atoms with E-state index in [-0.39, 0.29) is 5.95 Å². The van der Waals surface area contributed by atoms with Gasteiger partial charge < -0.3 is 24.8 Å². The van der Waals surface area contributed by atoms with Gasteiger partial charge in [-0.05, 0) is 41.8 Å². The van der Waals surface area contributed by atoms with Gasteiger partial charge in [-0.2, -0.15) is 4.98 Å². The Hall–Kier alpha value is -3.48. The maximum absolute atomic E-state index is 6.04. The summed E-state index contributed by atoms with van der Waals surface area (Å²) in [6, 6.07) is 13.8. The molecule has 2 heterocycles. The fraction of sp³-hybridized carbons (Fsp3) is 0.273. The van der Waals surface area contributed by atoms with E-state index in [0.29, 0.717) is 6.54 Å². The predicted molar refractivity (Wildman–Crippen MR) is 113 cm³/mol. The summed E-state index contributed by atoms with van der Waals surface area (Å²) >= 11 is 0. The van der Waals surface area contributed by atoms with E-state index < -0.39 is 0 Å². The van der Waals surface area contributed by atoms with Crippen LogP contribution in [0.1, 0.15) is 11.1 Å². The fourth-order valence-corrected chi connectivity index (χ4v) is 3.62. The van der Waals surface area contributed by atoms with Gasteiger partial charge in [0, 0.05) is 24.7 Å². The number of nitrogens with zero attached hydrogens (tertiary/aromatic N) is 3. The Morgan fingerprint density at radius 3 is 2.38 bits per heavy atom. The van der Waals surface area contributed by atoms with Crippen molar-refractivity contribution >= 4 is 11.8 Å². The zero-order valence-electron chi connectivity index (χ0n) is 16.8. The van der Waals surface area contributed by atoms with Gasteiger partial charge >= 0.3 is 0 Å². The van der Waals surface area contributed by atoms with Crippen LogP contribution in [-0.2, 0) is 13.0 Å². The molecule has 0 spiro atoms. The Balaban J connectivity index is 1.67. The molecular weight excluding hydrogens is 368 g/mol. The molecule has 0 radical (unpaired) electrons. The van der Waals surface area contributed by atoms with Crippen LogP contribution in [0.4, 0.5) is 11.8 Å². The molecule has 1 aliphatic rings. The third-order valence-corrected chi connectivity index (χ3v) is 5.14. The van der Waals surface area contributed by atoms with E-state index in [1.807, 2.05) is 36.4 Å². The van der Waals surface area contributed by atoms with E-state index in [4.69, 9.17) is 19.9 Å². The van der Waals surface area contributed by atoms with Gasteiger partial charge in [0.1, 0.15) is 11.6 Å². The summed E-state index contributed by atoms with van der Waals surface area (Å²) in [5, 5.41) is 0. The van der Waals surface area contributed by atoms with E-state index in [9.17, 15) is 0 Å². The molecule has 2 aromatic carbocycles. The highest BCUT2D eigenvalue weighted by Gasteiger charge is 2.21. The van der Waals surface area contributed by atoms with Crippen LogP contribution in [0.2, 0.25) is 0 Å². The van der Waals surface area contributed by atoms with Crippen molar-refractivity contribution in [2.45, 2.75) is 13.0 Å². The van der Waals surface area contributed by atoms with Crippen LogP contribution in [0.3, 0.4) is 0 Å². The first-order chi connectivity index (χ1) is 14.1. The summed E-state index contributed by atoms with van der Waals surface area (Å²) in [5.41, 5.74) is 10.2. The van der Waals surface area contributed by atoms with Crippen LogP contribution in [0.5, 0.6) is 17.2 Å². The average molecular weight is 392 g/mol. The smallest absolute Gasteiger partial charge is 0.222 e. The van der Waals surface area contributed by atoms with E-state index in [2.05, 4.69) is 20.9 Å². The summed E-state index contributed by atoms with van der Waals surface area (Å²) < 4.78 is 16.2. The maximum Gasteiger partial charge on any atom is 0.222 e. The number of nitrogen functional groups attached to an aromatic ring is 1. The van der Waals surface area contributed by atoms with Crippen molar-refractivity contribution in [2.24, 2.45) is 0 Å². The number of aromatic nitrogens is 2. The molecule has 4 rings (SSSR count). The van der Waals surface area contributed by atoms with Gasteiger partial charge in [0.2, 0.25) is 5.95 Å². The van der Waals surface area contributed by atoms with Gasteiger partial charge in [-0.1, -0.05) is 12.1 Å². The first kappa shape index (κ1) is 18.9. The molecule has 0 saturated carbocycles. The normalized spacial score (nSPS) is 13.0. The zero-order chi connectivity index (χ0) is 20.4. The molecule has 0 amide bonds. The standard InChI is InChI=1S/C22H24N4O3/c1-27-17-6-4-5-15(9-17)18-12-21(25-22(23)24-18)26-8-7-14-10-19(28-2)20(29-3)11-16(14)13-26/h4-6,9-12H,7-8,13H2,1-3H3,(H2,23,24,25). The Bertz CT molecular complexity index is 1040. The molecule has 2 N–H and O–H groups in total. The summed E-state index contributed by atoms with van der Waals surface area (Å²) in [6.07, 6.45) is 0.883. The molecule has 3 aromatic rings. The third-order valence-electron chi connectivity index (χ3n) is 5.14. The Labute approximate surface area is 170 Å². The SMILES string of the molecule is COc1cccc(-c2cc(N3CCc4cc(OC)c(OC)cc4C3)nc(N)n2)c1. The van der Waals surface area contributed by atoms with Gasteiger partial charge in [0.15, 0.2) is 11.5 Å². The van der Waals surface area contributed by atoms with Crippen LogP contribution in [0.25, 0.3) is 11.3 Å². The highest BCUT2D eigenvalue weighted by molar-refractivity contribution is 5.66. The van der Waals surface area contributed by atoms with E-state index in [1.54, 1.807) is 21.3 Å². The fourth-order valence-electron chi connectivity index (χ4n) is 3.62. The van der Waals surface area contributed by atoms with Gasteiger partial charge in [-0.3, -0.25) is 0 Å². The van der Waals surface area contributed by atoms with Gasteiger partial charge in [-0.25, -0.2) is 4.98 Å². The van der Waals surface area contributed by atoms with Crippen LogP contribution in [-0.4, -0.2) is 37.8 Å². The molecule has 1 aromatic heterocycles. The van der Waals surface area contributed by atoms with Crippen molar-refractivity contribution in [2.75, 3.05) is 38.5 Å². The van der Waals surface area contributed by atoms with E-state index in [0.717, 1.165) is 47.3 Å². The number of methoxy groups -OCH3 is 3. The molecule has 0 unspecified atom stereocenters. The number of rotatable bonds is 5. The molecule has 0 fully saturated rings. The first-order valence-corrected chi connectivity index (χ1v) is 9.39. The number of fused-ring (bicyclic) bond motifs is 1. The zero-order valence-corrected chi connectivity index (χ0v) is 16.8. The topological polar surface area (TPSA) is 82.7 Å². The van der Waals surface area contributed by atoms with Crippen molar-refractivity contribution in [1.29, 1.82) is 0 Å². The van der Waals surface area contributed by atoms with Gasteiger partial charge in [-0.15, -0.1) is 0 Å². The quantitative estimate of drug-likeness (QED) is 0.713. The Kier molecular flexibility index (Phi) is 5.12. The number of anilines is 2. The summed E-state index contributed by atoms with van der Waals surface area (Å²) in [4.78, 5) is 11.1. The number of benzene rings is 2. The highest BCUT2D eigenvalue weighted by atomic mass is 16.5. The van der Waals surface area contributed by atoms with Crippen molar-refractivity contribution in [1.82, 2.24) is 9.97 Å². The van der Waals surface area contributed by atoms with Crippen LogP contribution in [0, 0.1) is 0 Å². The maximum atomic E-state index is 6.04. The number of hydrogen-bond acceptors (Lipinski definition) is 7. The minimum Gasteiger partial charge on any atom is -0.497 e. The second-order valence-electron chi connectivity index (χ2n) is 6.85. The van der Waals surface area contributed by atoms with Crippen molar-refractivity contribution in [3.63, 3.8) is 0 Å². The van der Waals surface area contributed by atoms with Crippen molar-refractivity contribution in [3.8, 4) is 28.5 Å². The Morgan fingerprint density at radius 1 is 0.897 bits per heavy atom. The molecule has 0 atom stereocenters. The highest BCUT2D eigenvalue weighted by Crippen LogP contribution is 2.35. The largest absolute Gasteiger partial charge is 0.497 e. The third kappa shape index (κ3) is 3.76. The molecule has 0 bridgehead atoms. The predicted octanol–water partition coefficient (Wildman–Crippen LogP) is 3.31. The second-order valence-corrected chi connectivity index (χ2v) is 6.85. The molecule has 29 heavy (non-hydrogen) atoms. The molecular formula is C22H24N4O3. The van der Waals surface area contributed by atoms with Crippen LogP contribution < -0.4 is 24.8 Å². The molecule has 0 saturated heterocycles. The summed E-state index contributed by atoms with van der Waals surface area (Å²) in [7, 11) is 4.95. The lowest BCUT2D eigenvalue weighted by atomic mass is 9.98. The lowest BCUT2D eigenvalue weighted by Gasteiger charge is -2.30. The average Bonchev–Trinajstić information content (AvgIpc) is 2.77. The Morgan fingerprint density at radius 2 is 1.66 bits per heavy atom. The monoisotopic (exact) mass is 392 g/mol. The number of hydrogen-bond donors (Lipinski definition) is 1. The second kappa shape index (κ2) is 7.87. The number of nitrogens with two attached hydrogens (primary N) is 1. The van der Waals surface area contributed by atoms with Crippen LogP contribution in [0.15, 0.2) is 42.5 Å². The summed E-state index contributed by atoms with van der Waals surface area (Å²) in [6.45, 7) is 1.54. The molecule has 0 aliphatic carbocycles. The first-order valence-electron chi connectivity index (χ1n) is 9.39. The lowest BCUT2D eigenvalue weighted by Crippen LogP contribution is -2.31. The van der Waals surface area contributed by atoms with Crippen molar-refractivity contribution < 1.29 is 14.2 Å². The van der Waals surface area contributed by atoms with E-state index in [1.165, 1.54) is 11.1 Å².